The van der Waals surface area contributed by atoms with Crippen LogP contribution < -0.4 is 5.32 Å². The molecule has 0 bridgehead atoms. The van der Waals surface area contributed by atoms with Crippen LogP contribution in [0, 0.1) is 0 Å². The molecular formula is C61H115NO10. The number of hydrogen-bond donors (Lipinski definition) is 6. The van der Waals surface area contributed by atoms with Gasteiger partial charge in [-0.2, -0.15) is 0 Å². The number of amides is 1. The molecule has 0 aromatic rings. The molecule has 0 aromatic carbocycles. The van der Waals surface area contributed by atoms with Crippen LogP contribution in [0.3, 0.4) is 0 Å². The number of esters is 1. The summed E-state index contributed by atoms with van der Waals surface area (Å²) in [6.07, 6.45) is 51.2. The normalized spacial score (nSPS) is 19.1. The molecule has 0 saturated carbocycles. The third kappa shape index (κ3) is 40.5. The first kappa shape index (κ1) is 68.2. The average Bonchev–Trinajstić information content (AvgIpc) is 3.38. The molecule has 0 spiro atoms. The lowest BCUT2D eigenvalue weighted by atomic mass is 9.99. The fourth-order valence-electron chi connectivity index (χ4n) is 9.67. The van der Waals surface area contributed by atoms with Crippen LogP contribution in [0.5, 0.6) is 0 Å². The van der Waals surface area contributed by atoms with E-state index in [0.717, 1.165) is 77.0 Å². The van der Waals surface area contributed by atoms with E-state index in [0.29, 0.717) is 19.4 Å². The molecule has 1 aliphatic heterocycles. The van der Waals surface area contributed by atoms with Crippen LogP contribution in [0.1, 0.15) is 290 Å². The van der Waals surface area contributed by atoms with E-state index >= 15 is 0 Å². The summed E-state index contributed by atoms with van der Waals surface area (Å²) in [6.45, 7) is 4.34. The third-order valence-electron chi connectivity index (χ3n) is 14.6. The van der Waals surface area contributed by atoms with Crippen molar-refractivity contribution in [3.05, 3.63) is 24.3 Å². The number of unbranched alkanes of at least 4 members (excludes halogenated alkanes) is 37. The van der Waals surface area contributed by atoms with Gasteiger partial charge >= 0.3 is 5.97 Å². The van der Waals surface area contributed by atoms with Gasteiger partial charge in [0.2, 0.25) is 5.91 Å². The number of nitrogens with one attached hydrogen (secondary N) is 1. The highest BCUT2D eigenvalue weighted by Gasteiger charge is 2.44. The summed E-state index contributed by atoms with van der Waals surface area (Å²) in [5.41, 5.74) is 0. The van der Waals surface area contributed by atoms with E-state index in [1.54, 1.807) is 6.08 Å². The van der Waals surface area contributed by atoms with Gasteiger partial charge in [-0.05, 0) is 57.8 Å². The van der Waals surface area contributed by atoms with Gasteiger partial charge in [-0.3, -0.25) is 9.59 Å². The summed E-state index contributed by atoms with van der Waals surface area (Å²) < 4.78 is 16.7. The Balaban J connectivity index is 2.09. The van der Waals surface area contributed by atoms with E-state index in [2.05, 4.69) is 31.3 Å². The quantitative estimate of drug-likeness (QED) is 0.0195. The second kappa shape index (κ2) is 51.3. The first-order chi connectivity index (χ1) is 35.2. The van der Waals surface area contributed by atoms with Crippen LogP contribution in [-0.4, -0.2) is 100 Å². The van der Waals surface area contributed by atoms with Crippen LogP contribution >= 0.6 is 0 Å². The van der Waals surface area contributed by atoms with Crippen molar-refractivity contribution in [3.63, 3.8) is 0 Å². The summed E-state index contributed by atoms with van der Waals surface area (Å²) in [6, 6.07) is -0.815. The van der Waals surface area contributed by atoms with Gasteiger partial charge in [0.15, 0.2) is 6.29 Å². The molecule has 11 nitrogen and oxygen atoms in total. The first-order valence-electron chi connectivity index (χ1n) is 30.6. The number of aliphatic hydroxyl groups is 5. The number of hydrogen-bond acceptors (Lipinski definition) is 10. The Morgan fingerprint density at radius 1 is 0.500 bits per heavy atom. The van der Waals surface area contributed by atoms with E-state index < -0.39 is 49.5 Å². The van der Waals surface area contributed by atoms with Gasteiger partial charge in [-0.1, -0.05) is 244 Å². The molecule has 1 fully saturated rings. The van der Waals surface area contributed by atoms with Gasteiger partial charge in [-0.25, -0.2) is 0 Å². The van der Waals surface area contributed by atoms with Crippen LogP contribution in [0.15, 0.2) is 24.3 Å². The lowest BCUT2D eigenvalue weighted by Gasteiger charge is -2.40. The standard InChI is InChI=1S/C61H115NO10/c1-3-5-7-9-11-13-15-24-28-31-35-39-43-47-54(64)53(52-71-61-60(69)59(68)58(67)55(51-63)72-61)62-56(65)48-44-40-36-32-29-25-22-20-18-16-17-19-21-23-26-30-34-38-42-46-50-70-57(66)49-45-41-37-33-27-14-12-10-8-6-4-2/h16,18,43,47,53-55,58-61,63-64,67-69H,3-15,17,19-42,44-46,48-52H2,1-2H3,(H,62,65)/b18-16-,47-43+. The molecule has 7 unspecified atom stereocenters. The average molecular weight is 1020 g/mol. The minimum Gasteiger partial charge on any atom is -0.466 e. The largest absolute Gasteiger partial charge is 0.466 e. The predicted molar refractivity (Wildman–Crippen MR) is 297 cm³/mol. The summed E-state index contributed by atoms with van der Waals surface area (Å²) >= 11 is 0. The molecule has 1 heterocycles. The van der Waals surface area contributed by atoms with E-state index in [9.17, 15) is 35.1 Å². The van der Waals surface area contributed by atoms with Gasteiger partial charge in [0.25, 0.3) is 0 Å². The Bertz CT molecular complexity index is 1250. The zero-order chi connectivity index (χ0) is 52.4. The Morgan fingerprint density at radius 3 is 1.33 bits per heavy atom. The maximum absolute atomic E-state index is 13.0. The maximum atomic E-state index is 13.0. The smallest absolute Gasteiger partial charge is 0.305 e. The lowest BCUT2D eigenvalue weighted by Crippen LogP contribution is -2.60. The zero-order valence-corrected chi connectivity index (χ0v) is 46.7. The van der Waals surface area contributed by atoms with Crippen LogP contribution in [-0.2, 0) is 23.8 Å². The Kier molecular flexibility index (Phi) is 48.5. The molecule has 0 aromatic heterocycles. The van der Waals surface area contributed by atoms with Crippen LogP contribution in [0.2, 0.25) is 0 Å². The van der Waals surface area contributed by atoms with Crippen LogP contribution in [0.25, 0.3) is 0 Å². The first-order valence-corrected chi connectivity index (χ1v) is 30.6. The molecule has 0 radical (unpaired) electrons. The summed E-state index contributed by atoms with van der Waals surface area (Å²) in [5, 5.41) is 54.4. The molecule has 11 heteroatoms. The molecule has 0 aliphatic carbocycles. The van der Waals surface area contributed by atoms with Gasteiger partial charge < -0.3 is 45.1 Å². The fourth-order valence-corrected chi connectivity index (χ4v) is 9.67. The highest BCUT2D eigenvalue weighted by Crippen LogP contribution is 2.23. The summed E-state index contributed by atoms with van der Waals surface area (Å²) in [5.74, 6) is -0.197. The molecule has 6 N–H and O–H groups in total. The second-order valence-electron chi connectivity index (χ2n) is 21.4. The van der Waals surface area contributed by atoms with Crippen molar-refractivity contribution in [3.8, 4) is 0 Å². The number of rotatable bonds is 53. The Labute approximate surface area is 441 Å². The molecule has 424 valence electrons. The highest BCUT2D eigenvalue weighted by atomic mass is 16.7. The van der Waals surface area contributed by atoms with Crippen LogP contribution in [0.4, 0.5) is 0 Å². The van der Waals surface area contributed by atoms with Crippen molar-refractivity contribution in [1.82, 2.24) is 5.32 Å². The molecule has 72 heavy (non-hydrogen) atoms. The number of ether oxygens (including phenoxy) is 3. The van der Waals surface area contributed by atoms with E-state index in [-0.39, 0.29) is 18.5 Å². The van der Waals surface area contributed by atoms with Crippen molar-refractivity contribution in [1.29, 1.82) is 0 Å². The topological polar surface area (TPSA) is 175 Å². The third-order valence-corrected chi connectivity index (χ3v) is 14.6. The Hall–Kier alpha value is -1.86. The van der Waals surface area contributed by atoms with E-state index in [4.69, 9.17) is 14.2 Å². The van der Waals surface area contributed by atoms with Crippen molar-refractivity contribution in [2.45, 2.75) is 333 Å². The van der Waals surface area contributed by atoms with Crippen molar-refractivity contribution in [2.24, 2.45) is 0 Å². The number of aliphatic hydroxyl groups excluding tert-OH is 5. The molecule has 1 amide bonds. The lowest BCUT2D eigenvalue weighted by molar-refractivity contribution is -0.302. The molecule has 1 saturated heterocycles. The van der Waals surface area contributed by atoms with Gasteiger partial charge in [-0.15, -0.1) is 0 Å². The Morgan fingerprint density at radius 2 is 0.889 bits per heavy atom. The minimum atomic E-state index is -1.57. The van der Waals surface area contributed by atoms with Gasteiger partial charge in [0.05, 0.1) is 32.0 Å². The second-order valence-corrected chi connectivity index (χ2v) is 21.4. The van der Waals surface area contributed by atoms with Gasteiger partial charge in [0, 0.05) is 12.8 Å². The number of carbonyl (C=O) groups is 2. The number of carbonyl (C=O) groups excluding carboxylic acids is 2. The van der Waals surface area contributed by atoms with Gasteiger partial charge in [0.1, 0.15) is 24.4 Å². The minimum absolute atomic E-state index is 0.00786. The summed E-state index contributed by atoms with van der Waals surface area (Å²) in [4.78, 5) is 25.1. The number of allylic oxidation sites excluding steroid dienone is 3. The van der Waals surface area contributed by atoms with E-state index in [1.165, 1.54) is 186 Å². The van der Waals surface area contributed by atoms with Crippen molar-refractivity contribution in [2.75, 3.05) is 19.8 Å². The SMILES string of the molecule is CCCCCCCCCCCCC/C=C/C(O)C(COC1OC(CO)C(O)C(O)C1O)NC(=O)CCCCCCCCC/C=C\CCCCCCCCCCCOC(=O)CCCCCCCCCCCCC. The maximum Gasteiger partial charge on any atom is 0.305 e. The molecule has 1 aliphatic rings. The van der Waals surface area contributed by atoms with Crippen molar-refractivity contribution >= 4 is 11.9 Å². The van der Waals surface area contributed by atoms with E-state index in [1.807, 2.05) is 6.08 Å². The molecule has 1 rings (SSSR count). The highest BCUT2D eigenvalue weighted by molar-refractivity contribution is 5.76. The monoisotopic (exact) mass is 1020 g/mol. The predicted octanol–water partition coefficient (Wildman–Crippen LogP) is 14.1. The molecule has 7 atom stereocenters. The van der Waals surface area contributed by atoms with Crippen molar-refractivity contribution < 1.29 is 49.3 Å². The fraction of sp³-hybridized carbons (Fsp3) is 0.902. The zero-order valence-electron chi connectivity index (χ0n) is 46.7. The molecular weight excluding hydrogens is 907 g/mol. The summed E-state index contributed by atoms with van der Waals surface area (Å²) in [7, 11) is 0.